The Labute approximate surface area is 154 Å². The van der Waals surface area contributed by atoms with E-state index in [1.165, 1.54) is 12.8 Å². The highest BCUT2D eigenvalue weighted by Gasteiger charge is 2.37. The summed E-state index contributed by atoms with van der Waals surface area (Å²) in [7, 11) is 2.19. The standard InChI is InChI=1S/C19H36O5Si/c1-16(2)17-8-11-19(3,12-9-17)13-10-18(20)24-14-7-15-25(21-4,22-5)23-6/h10,13,16-17H,7-9,11-12,14-15H2,1-6H3. The molecule has 0 amide bonds. The first-order valence-corrected chi connectivity index (χ1v) is 11.2. The van der Waals surface area contributed by atoms with E-state index in [1.54, 1.807) is 27.4 Å². The summed E-state index contributed by atoms with van der Waals surface area (Å²) in [6.45, 7) is 7.19. The third-order valence-electron chi connectivity index (χ3n) is 5.54. The van der Waals surface area contributed by atoms with Crippen LogP contribution in [0.4, 0.5) is 0 Å². The number of carbonyl (C=O) groups is 1. The van der Waals surface area contributed by atoms with Gasteiger partial charge < -0.3 is 18.0 Å². The Hall–Kier alpha value is -0.693. The summed E-state index contributed by atoms with van der Waals surface area (Å²) in [6.07, 6.45) is 9.07. The SMILES string of the molecule is CO[Si](CCCOC(=O)C=CC1(C)CCC(C(C)C)CC1)(OC)OC. The van der Waals surface area contributed by atoms with Crippen molar-refractivity contribution in [3.63, 3.8) is 0 Å². The molecule has 0 saturated heterocycles. The van der Waals surface area contributed by atoms with E-state index in [0.29, 0.717) is 19.1 Å². The Bertz CT molecular complexity index is 415. The van der Waals surface area contributed by atoms with E-state index in [2.05, 4.69) is 20.8 Å². The van der Waals surface area contributed by atoms with Gasteiger partial charge in [0.2, 0.25) is 0 Å². The van der Waals surface area contributed by atoms with E-state index < -0.39 is 8.80 Å². The van der Waals surface area contributed by atoms with Gasteiger partial charge in [0.1, 0.15) is 0 Å². The largest absolute Gasteiger partial charge is 0.500 e. The Morgan fingerprint density at radius 1 is 1.16 bits per heavy atom. The van der Waals surface area contributed by atoms with Crippen LogP contribution < -0.4 is 0 Å². The molecule has 146 valence electrons. The van der Waals surface area contributed by atoms with Crippen LogP contribution in [0.3, 0.4) is 0 Å². The fraction of sp³-hybridized carbons (Fsp3) is 0.842. The Kier molecular flexibility index (Phi) is 9.35. The van der Waals surface area contributed by atoms with Crippen LogP contribution in [0.1, 0.15) is 52.9 Å². The second-order valence-electron chi connectivity index (χ2n) is 7.64. The van der Waals surface area contributed by atoms with Gasteiger partial charge in [-0.05, 0) is 49.4 Å². The molecule has 1 aliphatic carbocycles. The highest BCUT2D eigenvalue weighted by Crippen LogP contribution is 2.42. The first-order chi connectivity index (χ1) is 11.8. The zero-order valence-corrected chi connectivity index (χ0v) is 17.8. The van der Waals surface area contributed by atoms with Crippen LogP contribution in [0.15, 0.2) is 12.2 Å². The number of rotatable bonds is 10. The molecule has 0 aromatic rings. The molecule has 0 N–H and O–H groups in total. The van der Waals surface area contributed by atoms with E-state index in [0.717, 1.165) is 24.7 Å². The molecule has 5 nitrogen and oxygen atoms in total. The summed E-state index contributed by atoms with van der Waals surface area (Å²) >= 11 is 0. The molecule has 0 heterocycles. The van der Waals surface area contributed by atoms with Crippen molar-refractivity contribution in [1.29, 1.82) is 0 Å². The zero-order chi connectivity index (χ0) is 18.9. The molecule has 0 aliphatic heterocycles. The molecule has 0 aromatic heterocycles. The van der Waals surface area contributed by atoms with Gasteiger partial charge in [-0.2, -0.15) is 0 Å². The third-order valence-corrected chi connectivity index (χ3v) is 8.37. The highest BCUT2D eigenvalue weighted by atomic mass is 28.4. The van der Waals surface area contributed by atoms with Crippen LogP contribution in [0, 0.1) is 17.3 Å². The number of hydrogen-bond acceptors (Lipinski definition) is 5. The lowest BCUT2D eigenvalue weighted by molar-refractivity contribution is -0.137. The topological polar surface area (TPSA) is 54.0 Å². The van der Waals surface area contributed by atoms with Gasteiger partial charge in [-0.25, -0.2) is 4.79 Å². The molecule has 1 saturated carbocycles. The molecule has 0 bridgehead atoms. The molecular weight excluding hydrogens is 336 g/mol. The molecule has 0 aromatic carbocycles. The van der Waals surface area contributed by atoms with E-state index in [1.807, 2.05) is 6.08 Å². The Balaban J connectivity index is 2.33. The van der Waals surface area contributed by atoms with Gasteiger partial charge in [-0.15, -0.1) is 0 Å². The van der Waals surface area contributed by atoms with Crippen molar-refractivity contribution < 1.29 is 22.8 Å². The predicted molar refractivity (Wildman–Crippen MR) is 101 cm³/mol. The van der Waals surface area contributed by atoms with Crippen molar-refractivity contribution in [2.24, 2.45) is 17.3 Å². The van der Waals surface area contributed by atoms with Crippen LogP contribution in [0.25, 0.3) is 0 Å². The van der Waals surface area contributed by atoms with Crippen LogP contribution in [0.2, 0.25) is 6.04 Å². The molecular formula is C19H36O5Si. The highest BCUT2D eigenvalue weighted by molar-refractivity contribution is 6.60. The minimum absolute atomic E-state index is 0.120. The molecule has 1 fully saturated rings. The molecule has 1 aliphatic rings. The quantitative estimate of drug-likeness (QED) is 0.249. The van der Waals surface area contributed by atoms with Gasteiger partial charge in [0.25, 0.3) is 0 Å². The predicted octanol–water partition coefficient (Wildman–Crippen LogP) is 4.21. The van der Waals surface area contributed by atoms with Crippen LogP contribution in [-0.2, 0) is 22.8 Å². The van der Waals surface area contributed by atoms with Crippen LogP contribution in [0.5, 0.6) is 0 Å². The number of hydrogen-bond donors (Lipinski definition) is 0. The van der Waals surface area contributed by atoms with Crippen molar-refractivity contribution >= 4 is 14.8 Å². The maximum Gasteiger partial charge on any atom is 0.500 e. The van der Waals surface area contributed by atoms with Crippen molar-refractivity contribution in [2.45, 2.75) is 58.9 Å². The van der Waals surface area contributed by atoms with Gasteiger partial charge >= 0.3 is 14.8 Å². The normalized spacial score (nSPS) is 24.8. The van der Waals surface area contributed by atoms with Gasteiger partial charge in [0.15, 0.2) is 0 Å². The van der Waals surface area contributed by atoms with Crippen molar-refractivity contribution in [3.05, 3.63) is 12.2 Å². The third kappa shape index (κ3) is 7.21. The minimum atomic E-state index is -2.57. The summed E-state index contributed by atoms with van der Waals surface area (Å²) in [4.78, 5) is 11.9. The minimum Gasteiger partial charge on any atom is -0.463 e. The monoisotopic (exact) mass is 372 g/mol. The second-order valence-corrected chi connectivity index (χ2v) is 10.7. The molecule has 0 radical (unpaired) electrons. The summed E-state index contributed by atoms with van der Waals surface area (Å²) in [5.41, 5.74) is 0.120. The molecule has 0 atom stereocenters. The van der Waals surface area contributed by atoms with Crippen molar-refractivity contribution in [3.8, 4) is 0 Å². The lowest BCUT2D eigenvalue weighted by Gasteiger charge is -2.36. The lowest BCUT2D eigenvalue weighted by Crippen LogP contribution is -2.42. The summed E-state index contributed by atoms with van der Waals surface area (Å²) in [6, 6.07) is 0.627. The molecule has 0 spiro atoms. The first kappa shape index (κ1) is 22.3. The average molecular weight is 373 g/mol. The van der Waals surface area contributed by atoms with Crippen molar-refractivity contribution in [1.82, 2.24) is 0 Å². The molecule has 6 heteroatoms. The number of ether oxygens (including phenoxy) is 1. The van der Waals surface area contributed by atoms with E-state index >= 15 is 0 Å². The van der Waals surface area contributed by atoms with Gasteiger partial charge in [-0.3, -0.25) is 0 Å². The molecule has 25 heavy (non-hydrogen) atoms. The van der Waals surface area contributed by atoms with E-state index in [-0.39, 0.29) is 11.4 Å². The Morgan fingerprint density at radius 2 is 1.72 bits per heavy atom. The smallest absolute Gasteiger partial charge is 0.463 e. The second kappa shape index (κ2) is 10.5. The number of carbonyl (C=O) groups excluding carboxylic acids is 1. The zero-order valence-electron chi connectivity index (χ0n) is 16.8. The van der Waals surface area contributed by atoms with Gasteiger partial charge in [0.05, 0.1) is 6.61 Å². The molecule has 0 unspecified atom stereocenters. The maximum absolute atomic E-state index is 11.9. The average Bonchev–Trinajstić information content (AvgIpc) is 2.61. The van der Waals surface area contributed by atoms with Crippen molar-refractivity contribution in [2.75, 3.05) is 27.9 Å². The van der Waals surface area contributed by atoms with Crippen LogP contribution >= 0.6 is 0 Å². The lowest BCUT2D eigenvalue weighted by atomic mass is 9.69. The summed E-state index contributed by atoms with van der Waals surface area (Å²) < 4.78 is 21.3. The van der Waals surface area contributed by atoms with E-state index in [9.17, 15) is 4.79 Å². The summed E-state index contributed by atoms with van der Waals surface area (Å²) in [5.74, 6) is 1.30. The first-order valence-electron chi connectivity index (χ1n) is 9.31. The molecule has 1 rings (SSSR count). The fourth-order valence-corrected chi connectivity index (χ4v) is 5.16. The van der Waals surface area contributed by atoms with Crippen LogP contribution in [-0.4, -0.2) is 42.7 Å². The summed E-state index contributed by atoms with van der Waals surface area (Å²) in [5, 5.41) is 0. The fourth-order valence-electron chi connectivity index (χ4n) is 3.47. The van der Waals surface area contributed by atoms with E-state index in [4.69, 9.17) is 18.0 Å². The number of allylic oxidation sites excluding steroid dienone is 1. The Morgan fingerprint density at radius 3 is 2.20 bits per heavy atom. The maximum atomic E-state index is 11.9. The van der Waals surface area contributed by atoms with Gasteiger partial charge in [-0.1, -0.05) is 26.8 Å². The number of esters is 1. The van der Waals surface area contributed by atoms with Gasteiger partial charge in [0, 0.05) is 33.4 Å².